The van der Waals surface area contributed by atoms with Crippen molar-refractivity contribution in [2.24, 2.45) is 0 Å². The van der Waals surface area contributed by atoms with Crippen molar-refractivity contribution in [1.29, 1.82) is 5.26 Å². The standard InChI is InChI=1S/C17H19FN4O2/c1-3-21-12-14(10-19)16(23)22(17(21)24)9-8-20(2)11-13-4-6-15(18)7-5-13/h4-7,12H,3,8-9,11H2,1-2H3. The molecule has 0 N–H and O–H groups in total. The summed E-state index contributed by atoms with van der Waals surface area (Å²) in [6, 6.07) is 8.00. The minimum atomic E-state index is -0.567. The third-order valence-corrected chi connectivity index (χ3v) is 3.77. The largest absolute Gasteiger partial charge is 0.331 e. The summed E-state index contributed by atoms with van der Waals surface area (Å²) in [6.07, 6.45) is 1.30. The van der Waals surface area contributed by atoms with Crippen molar-refractivity contribution in [1.82, 2.24) is 14.0 Å². The third kappa shape index (κ3) is 3.97. The molecular weight excluding hydrogens is 311 g/mol. The lowest BCUT2D eigenvalue weighted by Crippen LogP contribution is -2.42. The second-order valence-corrected chi connectivity index (χ2v) is 5.54. The number of rotatable bonds is 6. The molecule has 126 valence electrons. The smallest absolute Gasteiger partial charge is 0.300 e. The summed E-state index contributed by atoms with van der Waals surface area (Å²) in [6.45, 7) is 3.36. The van der Waals surface area contributed by atoms with Gasteiger partial charge >= 0.3 is 5.69 Å². The first kappa shape index (κ1) is 17.6. The summed E-state index contributed by atoms with van der Waals surface area (Å²) in [5.41, 5.74) is -0.0975. The molecule has 0 unspecified atom stereocenters. The van der Waals surface area contributed by atoms with Crippen LogP contribution < -0.4 is 11.2 Å². The summed E-state index contributed by atoms with van der Waals surface area (Å²) in [4.78, 5) is 26.3. The summed E-state index contributed by atoms with van der Waals surface area (Å²) in [7, 11) is 1.85. The lowest BCUT2D eigenvalue weighted by atomic mass is 10.2. The van der Waals surface area contributed by atoms with Gasteiger partial charge in [0, 0.05) is 32.4 Å². The van der Waals surface area contributed by atoms with Gasteiger partial charge in [0.2, 0.25) is 0 Å². The van der Waals surface area contributed by atoms with Crippen LogP contribution in [0.3, 0.4) is 0 Å². The fraction of sp³-hybridized carbons (Fsp3) is 0.353. The van der Waals surface area contributed by atoms with Gasteiger partial charge in [-0.15, -0.1) is 0 Å². The minimum Gasteiger partial charge on any atom is -0.300 e. The van der Waals surface area contributed by atoms with Gasteiger partial charge in [-0.2, -0.15) is 5.26 Å². The monoisotopic (exact) mass is 330 g/mol. The molecule has 0 saturated carbocycles. The molecule has 1 aromatic heterocycles. The first-order valence-corrected chi connectivity index (χ1v) is 7.63. The number of hydrogen-bond donors (Lipinski definition) is 0. The average molecular weight is 330 g/mol. The van der Waals surface area contributed by atoms with Gasteiger partial charge in [0.1, 0.15) is 17.4 Å². The molecule has 0 radical (unpaired) electrons. The minimum absolute atomic E-state index is 0.0439. The van der Waals surface area contributed by atoms with Crippen LogP contribution in [0.25, 0.3) is 0 Å². The summed E-state index contributed by atoms with van der Waals surface area (Å²) in [5, 5.41) is 9.03. The van der Waals surface area contributed by atoms with Crippen molar-refractivity contribution in [2.45, 2.75) is 26.6 Å². The van der Waals surface area contributed by atoms with Crippen LogP contribution in [-0.4, -0.2) is 27.6 Å². The molecule has 0 bridgehead atoms. The number of benzene rings is 1. The first-order valence-electron chi connectivity index (χ1n) is 7.63. The highest BCUT2D eigenvalue weighted by Gasteiger charge is 2.11. The van der Waals surface area contributed by atoms with Crippen LogP contribution in [0.15, 0.2) is 40.1 Å². The Labute approximate surface area is 139 Å². The summed E-state index contributed by atoms with van der Waals surface area (Å²) < 4.78 is 15.3. The van der Waals surface area contributed by atoms with Gasteiger partial charge in [-0.05, 0) is 31.7 Å². The lowest BCUT2D eigenvalue weighted by Gasteiger charge is -2.17. The van der Waals surface area contributed by atoms with Gasteiger partial charge in [0.25, 0.3) is 5.56 Å². The van der Waals surface area contributed by atoms with Gasteiger partial charge in [0.15, 0.2) is 0 Å². The van der Waals surface area contributed by atoms with Crippen molar-refractivity contribution in [3.63, 3.8) is 0 Å². The average Bonchev–Trinajstić information content (AvgIpc) is 2.57. The molecule has 2 aromatic rings. The molecule has 24 heavy (non-hydrogen) atoms. The fourth-order valence-corrected chi connectivity index (χ4v) is 2.41. The zero-order valence-corrected chi connectivity index (χ0v) is 13.7. The van der Waals surface area contributed by atoms with E-state index in [1.54, 1.807) is 19.1 Å². The number of likely N-dealkylation sites (N-methyl/N-ethyl adjacent to an activating group) is 1. The molecule has 0 aliphatic carbocycles. The lowest BCUT2D eigenvalue weighted by molar-refractivity contribution is 0.305. The van der Waals surface area contributed by atoms with Gasteiger partial charge in [0.05, 0.1) is 0 Å². The Morgan fingerprint density at radius 3 is 2.50 bits per heavy atom. The Morgan fingerprint density at radius 1 is 1.25 bits per heavy atom. The van der Waals surface area contributed by atoms with E-state index < -0.39 is 11.2 Å². The number of nitriles is 1. The number of nitrogens with zero attached hydrogens (tertiary/aromatic N) is 4. The van der Waals surface area contributed by atoms with Crippen LogP contribution in [0.5, 0.6) is 0 Å². The molecule has 2 rings (SSSR count). The van der Waals surface area contributed by atoms with Gasteiger partial charge < -0.3 is 4.90 Å². The van der Waals surface area contributed by atoms with Crippen molar-refractivity contribution >= 4 is 0 Å². The Hall–Kier alpha value is -2.72. The highest BCUT2D eigenvalue weighted by atomic mass is 19.1. The zero-order valence-electron chi connectivity index (χ0n) is 13.7. The molecule has 0 amide bonds. The molecule has 0 fully saturated rings. The first-order chi connectivity index (χ1) is 11.5. The summed E-state index contributed by atoms with van der Waals surface area (Å²) in [5.74, 6) is -0.290. The molecule has 7 heteroatoms. The Balaban J connectivity index is 2.14. The number of aryl methyl sites for hydroxylation is 1. The van der Waals surface area contributed by atoms with E-state index in [1.807, 2.05) is 18.0 Å². The van der Waals surface area contributed by atoms with Crippen LogP contribution >= 0.6 is 0 Å². The molecule has 0 spiro atoms. The predicted octanol–water partition coefficient (Wildman–Crippen LogP) is 1.17. The third-order valence-electron chi connectivity index (χ3n) is 3.77. The Morgan fingerprint density at radius 2 is 1.92 bits per heavy atom. The second-order valence-electron chi connectivity index (χ2n) is 5.54. The molecular formula is C17H19FN4O2. The number of halogens is 1. The Kier molecular flexibility index (Phi) is 5.66. The van der Waals surface area contributed by atoms with Gasteiger partial charge in [-0.1, -0.05) is 12.1 Å². The summed E-state index contributed by atoms with van der Waals surface area (Å²) >= 11 is 0. The van der Waals surface area contributed by atoms with Crippen LogP contribution in [0, 0.1) is 17.1 Å². The topological polar surface area (TPSA) is 71.0 Å². The van der Waals surface area contributed by atoms with E-state index in [2.05, 4.69) is 0 Å². The van der Waals surface area contributed by atoms with Crippen molar-refractivity contribution in [2.75, 3.05) is 13.6 Å². The maximum atomic E-state index is 12.9. The van der Waals surface area contributed by atoms with Crippen molar-refractivity contribution < 1.29 is 4.39 Å². The molecule has 1 heterocycles. The van der Waals surface area contributed by atoms with E-state index in [4.69, 9.17) is 5.26 Å². The molecule has 1 aromatic carbocycles. The molecule has 0 saturated heterocycles. The van der Waals surface area contributed by atoms with Crippen molar-refractivity contribution in [3.8, 4) is 6.07 Å². The predicted molar refractivity (Wildman–Crippen MR) is 88.1 cm³/mol. The van der Waals surface area contributed by atoms with Crippen LogP contribution in [0.1, 0.15) is 18.1 Å². The number of hydrogen-bond acceptors (Lipinski definition) is 4. The van der Waals surface area contributed by atoms with Gasteiger partial charge in [-0.3, -0.25) is 13.9 Å². The van der Waals surface area contributed by atoms with E-state index in [0.717, 1.165) is 10.1 Å². The molecule has 0 atom stereocenters. The fourth-order valence-electron chi connectivity index (χ4n) is 2.41. The van der Waals surface area contributed by atoms with Gasteiger partial charge in [-0.25, -0.2) is 9.18 Å². The maximum Gasteiger partial charge on any atom is 0.331 e. The number of aromatic nitrogens is 2. The molecule has 0 aliphatic heterocycles. The van der Waals surface area contributed by atoms with E-state index in [1.165, 1.54) is 22.9 Å². The van der Waals surface area contributed by atoms with E-state index in [-0.39, 0.29) is 17.9 Å². The molecule has 6 nitrogen and oxygen atoms in total. The van der Waals surface area contributed by atoms with Crippen LogP contribution in [0.4, 0.5) is 4.39 Å². The maximum absolute atomic E-state index is 12.9. The zero-order chi connectivity index (χ0) is 17.7. The highest BCUT2D eigenvalue weighted by Crippen LogP contribution is 2.05. The highest BCUT2D eigenvalue weighted by molar-refractivity contribution is 5.22. The normalized spacial score (nSPS) is 10.8. The van der Waals surface area contributed by atoms with E-state index >= 15 is 0 Å². The quantitative estimate of drug-likeness (QED) is 0.797. The SMILES string of the molecule is CCn1cc(C#N)c(=O)n(CCN(C)Cc2ccc(F)cc2)c1=O. The van der Waals surface area contributed by atoms with E-state index in [0.29, 0.717) is 19.6 Å². The molecule has 0 aliphatic rings. The second kappa shape index (κ2) is 7.70. The Bertz CT molecular complexity index is 862. The van der Waals surface area contributed by atoms with Crippen LogP contribution in [0.2, 0.25) is 0 Å². The van der Waals surface area contributed by atoms with Crippen molar-refractivity contribution in [3.05, 3.63) is 68.2 Å². The van der Waals surface area contributed by atoms with Crippen LogP contribution in [-0.2, 0) is 19.6 Å². The van der Waals surface area contributed by atoms with E-state index in [9.17, 15) is 14.0 Å².